The summed E-state index contributed by atoms with van der Waals surface area (Å²) in [5.41, 5.74) is 2.48. The zero-order valence-electron chi connectivity index (χ0n) is 22.1. The number of fused-ring (bicyclic) bond motifs is 1. The van der Waals surface area contributed by atoms with Crippen LogP contribution in [0.25, 0.3) is 10.9 Å². The molecule has 0 aliphatic carbocycles. The number of likely N-dealkylation sites (N-methyl/N-ethyl adjacent to an activating group) is 1. The molecule has 4 aromatic rings. The minimum atomic E-state index is -0.765. The molecule has 3 heterocycles. The van der Waals surface area contributed by atoms with Crippen LogP contribution in [-0.4, -0.2) is 70.4 Å². The molecule has 1 amide bonds. The van der Waals surface area contributed by atoms with Gasteiger partial charge in [-0.15, -0.1) is 0 Å². The van der Waals surface area contributed by atoms with Crippen molar-refractivity contribution in [3.63, 3.8) is 0 Å². The van der Waals surface area contributed by atoms with Gasteiger partial charge in [0.25, 0.3) is 5.91 Å². The minimum absolute atomic E-state index is 0.0389. The van der Waals surface area contributed by atoms with Crippen LogP contribution in [0.4, 0.5) is 20.3 Å². The van der Waals surface area contributed by atoms with E-state index in [0.29, 0.717) is 11.4 Å². The molecule has 204 valence electrons. The molecular weight excluding hydrogens is 504 g/mol. The Balaban J connectivity index is 1.37. The van der Waals surface area contributed by atoms with Crippen molar-refractivity contribution in [3.05, 3.63) is 71.2 Å². The van der Waals surface area contributed by atoms with Crippen molar-refractivity contribution < 1.29 is 18.3 Å². The smallest absolute Gasteiger partial charge is 0.260 e. The van der Waals surface area contributed by atoms with Crippen molar-refractivity contribution in [2.24, 2.45) is 0 Å². The average molecular weight is 536 g/mol. The Morgan fingerprint density at radius 3 is 2.49 bits per heavy atom. The van der Waals surface area contributed by atoms with E-state index in [0.717, 1.165) is 45.3 Å². The summed E-state index contributed by atoms with van der Waals surface area (Å²) in [5, 5.41) is 5.71. The lowest BCUT2D eigenvalue weighted by molar-refractivity contribution is 0.0960. The third-order valence-electron chi connectivity index (χ3n) is 6.91. The molecule has 0 atom stereocenters. The first-order chi connectivity index (χ1) is 18.9. The lowest BCUT2D eigenvalue weighted by Gasteiger charge is -2.34. The fraction of sp³-hybridized carbons (Fsp3) is 0.321. The lowest BCUT2D eigenvalue weighted by atomic mass is 10.1. The van der Waals surface area contributed by atoms with E-state index in [2.05, 4.69) is 42.3 Å². The number of hydrogen-bond acceptors (Lipinski definition) is 7. The topological polar surface area (TPSA) is 98.4 Å². The van der Waals surface area contributed by atoms with Crippen molar-refractivity contribution in [1.82, 2.24) is 30.1 Å². The van der Waals surface area contributed by atoms with Gasteiger partial charge < -0.3 is 25.3 Å². The van der Waals surface area contributed by atoms with Crippen LogP contribution in [-0.2, 0) is 6.54 Å². The number of carbonyl (C=O) groups excluding carboxylic acids is 1. The Bertz CT molecular complexity index is 1480. The van der Waals surface area contributed by atoms with Crippen molar-refractivity contribution in [1.29, 1.82) is 0 Å². The van der Waals surface area contributed by atoms with E-state index in [9.17, 15) is 9.18 Å². The first-order valence-corrected chi connectivity index (χ1v) is 12.9. The number of piperazine rings is 1. The number of amides is 1. The second-order valence-electron chi connectivity index (χ2n) is 9.53. The molecular formula is C28H31F2N7O2. The molecule has 1 aliphatic rings. The predicted octanol–water partition coefficient (Wildman–Crippen LogP) is 4.58. The van der Waals surface area contributed by atoms with E-state index in [4.69, 9.17) is 4.74 Å². The van der Waals surface area contributed by atoms with Crippen LogP contribution in [0.1, 0.15) is 28.5 Å². The maximum absolute atomic E-state index is 15.2. The van der Waals surface area contributed by atoms with Crippen LogP contribution in [0.15, 0.2) is 42.7 Å². The third-order valence-corrected chi connectivity index (χ3v) is 6.91. The zero-order chi connectivity index (χ0) is 27.5. The Morgan fingerprint density at radius 1 is 1.08 bits per heavy atom. The average Bonchev–Trinajstić information content (AvgIpc) is 3.35. The van der Waals surface area contributed by atoms with E-state index in [1.165, 1.54) is 25.0 Å². The van der Waals surface area contributed by atoms with Crippen molar-refractivity contribution >= 4 is 28.3 Å². The number of ether oxygens (including phenoxy) is 1. The van der Waals surface area contributed by atoms with Gasteiger partial charge in [-0.05, 0) is 37.2 Å². The Kier molecular flexibility index (Phi) is 7.71. The molecule has 0 saturated carbocycles. The van der Waals surface area contributed by atoms with Gasteiger partial charge in [0.2, 0.25) is 5.88 Å². The molecule has 0 unspecified atom stereocenters. The molecule has 5 rings (SSSR count). The second-order valence-corrected chi connectivity index (χ2v) is 9.53. The summed E-state index contributed by atoms with van der Waals surface area (Å²) in [4.78, 5) is 28.8. The molecule has 0 spiro atoms. The van der Waals surface area contributed by atoms with E-state index in [-0.39, 0.29) is 28.2 Å². The highest BCUT2D eigenvalue weighted by atomic mass is 19.1. The fourth-order valence-electron chi connectivity index (χ4n) is 4.74. The largest absolute Gasteiger partial charge is 0.435 e. The van der Waals surface area contributed by atoms with Crippen LogP contribution in [0.5, 0.6) is 11.6 Å². The standard InChI is InChI=1S/C28H31F2N7O2/c1-4-36-9-11-37(12-10-36)15-18-5-7-19(8-6-18)35-26-23(27(38)31-3)28(33-16-32-26)39-22-14-21(29)25-20(24(22)30)13-17(2)34-25/h5-8,13-14,16,34H,4,9-12,15H2,1-3H3,(H,31,38)(H,32,33,35). The van der Waals surface area contributed by atoms with Gasteiger partial charge in [-0.1, -0.05) is 19.1 Å². The number of aromatic amines is 1. The van der Waals surface area contributed by atoms with E-state index >= 15 is 4.39 Å². The Morgan fingerprint density at radius 2 is 1.79 bits per heavy atom. The Labute approximate surface area is 225 Å². The first-order valence-electron chi connectivity index (χ1n) is 12.9. The molecule has 39 heavy (non-hydrogen) atoms. The van der Waals surface area contributed by atoms with Gasteiger partial charge in [-0.3, -0.25) is 9.69 Å². The number of H-pyrrole nitrogens is 1. The van der Waals surface area contributed by atoms with Crippen molar-refractivity contribution in [2.45, 2.75) is 20.4 Å². The third kappa shape index (κ3) is 5.69. The summed E-state index contributed by atoms with van der Waals surface area (Å²) in [6.45, 7) is 10.0. The summed E-state index contributed by atoms with van der Waals surface area (Å²) < 4.78 is 35.5. The number of aryl methyl sites for hydroxylation is 1. The Hall–Kier alpha value is -4.09. The normalized spacial score (nSPS) is 14.5. The summed E-state index contributed by atoms with van der Waals surface area (Å²) >= 11 is 0. The van der Waals surface area contributed by atoms with E-state index < -0.39 is 23.3 Å². The maximum atomic E-state index is 15.2. The van der Waals surface area contributed by atoms with Crippen LogP contribution in [0.3, 0.4) is 0 Å². The molecule has 0 bridgehead atoms. The number of anilines is 2. The number of hydrogen-bond donors (Lipinski definition) is 3. The minimum Gasteiger partial charge on any atom is -0.435 e. The van der Waals surface area contributed by atoms with Crippen LogP contribution < -0.4 is 15.4 Å². The lowest BCUT2D eigenvalue weighted by Crippen LogP contribution is -2.45. The SMILES string of the molecule is CCN1CCN(Cc2ccc(Nc3ncnc(Oc4cc(F)c5[nH]c(C)cc5c4F)c3C(=O)NC)cc2)CC1. The first kappa shape index (κ1) is 26.5. The highest BCUT2D eigenvalue weighted by Gasteiger charge is 2.23. The number of benzene rings is 2. The maximum Gasteiger partial charge on any atom is 0.260 e. The van der Waals surface area contributed by atoms with E-state index in [1.54, 1.807) is 6.92 Å². The molecule has 1 aliphatic heterocycles. The number of nitrogens with one attached hydrogen (secondary N) is 3. The van der Waals surface area contributed by atoms with Gasteiger partial charge in [0.15, 0.2) is 23.2 Å². The molecule has 3 N–H and O–H groups in total. The van der Waals surface area contributed by atoms with Crippen molar-refractivity contribution in [2.75, 3.05) is 45.1 Å². The summed E-state index contributed by atoms with van der Waals surface area (Å²) in [6.07, 6.45) is 1.20. The monoisotopic (exact) mass is 535 g/mol. The zero-order valence-corrected chi connectivity index (χ0v) is 22.1. The number of carbonyl (C=O) groups is 1. The van der Waals surface area contributed by atoms with Gasteiger partial charge in [0, 0.05) is 62.6 Å². The second kappa shape index (κ2) is 11.3. The highest BCUT2D eigenvalue weighted by molar-refractivity contribution is 6.01. The van der Waals surface area contributed by atoms with Crippen LogP contribution in [0, 0.1) is 18.6 Å². The quantitative estimate of drug-likeness (QED) is 0.304. The summed E-state index contributed by atoms with van der Waals surface area (Å²) in [7, 11) is 1.45. The molecule has 1 fully saturated rings. The summed E-state index contributed by atoms with van der Waals surface area (Å²) in [6, 6.07) is 10.3. The molecule has 11 heteroatoms. The molecule has 2 aromatic heterocycles. The molecule has 9 nitrogen and oxygen atoms in total. The van der Waals surface area contributed by atoms with Gasteiger partial charge in [-0.25, -0.2) is 18.7 Å². The summed E-state index contributed by atoms with van der Waals surface area (Å²) in [5.74, 6) is -2.43. The number of rotatable bonds is 8. The molecule has 1 saturated heterocycles. The van der Waals surface area contributed by atoms with Crippen LogP contribution >= 0.6 is 0 Å². The number of aromatic nitrogens is 3. The van der Waals surface area contributed by atoms with Gasteiger partial charge in [0.05, 0.1) is 5.52 Å². The number of halogens is 2. The van der Waals surface area contributed by atoms with Crippen LogP contribution in [0.2, 0.25) is 0 Å². The van der Waals surface area contributed by atoms with Gasteiger partial charge in [-0.2, -0.15) is 0 Å². The van der Waals surface area contributed by atoms with Gasteiger partial charge >= 0.3 is 0 Å². The van der Waals surface area contributed by atoms with Crippen molar-refractivity contribution in [3.8, 4) is 11.6 Å². The molecule has 0 radical (unpaired) electrons. The fourth-order valence-corrected chi connectivity index (χ4v) is 4.74. The van der Waals surface area contributed by atoms with E-state index in [1.807, 2.05) is 24.3 Å². The molecule has 2 aromatic carbocycles. The predicted molar refractivity (Wildman–Crippen MR) is 146 cm³/mol. The number of nitrogens with zero attached hydrogens (tertiary/aromatic N) is 4. The highest BCUT2D eigenvalue weighted by Crippen LogP contribution is 2.34. The van der Waals surface area contributed by atoms with Gasteiger partial charge in [0.1, 0.15) is 11.9 Å².